The molecule has 114 valence electrons. The van der Waals surface area contributed by atoms with E-state index in [0.29, 0.717) is 11.3 Å². The topological polar surface area (TPSA) is 43.8 Å². The molecule has 2 N–H and O–H groups in total. The lowest BCUT2D eigenvalue weighted by Crippen LogP contribution is -2.17. The van der Waals surface area contributed by atoms with E-state index >= 15 is 0 Å². The van der Waals surface area contributed by atoms with Gasteiger partial charge in [0.2, 0.25) is 0 Å². The number of hydrogen-bond acceptors (Lipinski definition) is 2. The second-order valence-electron chi connectivity index (χ2n) is 7.27. The van der Waals surface area contributed by atoms with Gasteiger partial charge in [-0.25, -0.2) is 4.68 Å². The normalized spacial score (nSPS) is 14.9. The van der Waals surface area contributed by atoms with E-state index in [1.165, 1.54) is 6.42 Å². The first-order valence-corrected chi connectivity index (χ1v) is 7.71. The lowest BCUT2D eigenvalue weighted by atomic mass is 9.82. The van der Waals surface area contributed by atoms with Gasteiger partial charge in [0.15, 0.2) is 0 Å². The Morgan fingerprint density at radius 2 is 1.86 bits per heavy atom. The summed E-state index contributed by atoms with van der Waals surface area (Å²) in [4.78, 5) is 0. The monoisotopic (exact) mass is 285 g/mol. The maximum absolute atomic E-state index is 6.35. The van der Waals surface area contributed by atoms with E-state index in [1.807, 2.05) is 47.4 Å². The Bertz CT molecular complexity index is 551. The van der Waals surface area contributed by atoms with Gasteiger partial charge in [-0.15, -0.1) is 0 Å². The van der Waals surface area contributed by atoms with E-state index in [2.05, 4.69) is 32.8 Å². The largest absolute Gasteiger partial charge is 0.324 e. The smallest absolute Gasteiger partial charge is 0.0645 e. The van der Waals surface area contributed by atoms with Gasteiger partial charge in [-0.3, -0.25) is 0 Å². The van der Waals surface area contributed by atoms with Crippen molar-refractivity contribution in [2.24, 2.45) is 17.1 Å². The predicted molar refractivity (Wildman–Crippen MR) is 88.3 cm³/mol. The average Bonchev–Trinajstić information content (AvgIpc) is 2.87. The summed E-state index contributed by atoms with van der Waals surface area (Å²) in [7, 11) is 0. The van der Waals surface area contributed by atoms with Crippen molar-refractivity contribution in [1.82, 2.24) is 9.78 Å². The molecule has 0 aliphatic rings. The molecule has 2 unspecified atom stereocenters. The summed E-state index contributed by atoms with van der Waals surface area (Å²) in [6.45, 7) is 9.13. The third kappa shape index (κ3) is 4.71. The van der Waals surface area contributed by atoms with E-state index in [4.69, 9.17) is 5.73 Å². The van der Waals surface area contributed by atoms with Gasteiger partial charge in [-0.05, 0) is 36.3 Å². The summed E-state index contributed by atoms with van der Waals surface area (Å²) in [5, 5.41) is 4.43. The Balaban J connectivity index is 2.01. The molecule has 1 heterocycles. The summed E-state index contributed by atoms with van der Waals surface area (Å²) < 4.78 is 1.89. The minimum absolute atomic E-state index is 0.0554. The molecule has 0 radical (unpaired) electrons. The molecule has 1 aromatic heterocycles. The zero-order valence-corrected chi connectivity index (χ0v) is 13.6. The number of nitrogens with two attached hydrogens (primary N) is 1. The van der Waals surface area contributed by atoms with Gasteiger partial charge in [0, 0.05) is 17.8 Å². The number of nitrogens with zero attached hydrogens (tertiary/aromatic N) is 2. The summed E-state index contributed by atoms with van der Waals surface area (Å²) >= 11 is 0. The van der Waals surface area contributed by atoms with Crippen LogP contribution in [0.15, 0.2) is 42.7 Å². The van der Waals surface area contributed by atoms with Crippen LogP contribution in [0, 0.1) is 11.3 Å². The molecule has 1 aromatic carbocycles. The molecule has 0 amide bonds. The van der Waals surface area contributed by atoms with Crippen LogP contribution < -0.4 is 5.73 Å². The van der Waals surface area contributed by atoms with E-state index in [9.17, 15) is 0 Å². The molecule has 3 heteroatoms. The van der Waals surface area contributed by atoms with Crippen LogP contribution in [0.2, 0.25) is 0 Å². The Morgan fingerprint density at radius 3 is 2.48 bits per heavy atom. The summed E-state index contributed by atoms with van der Waals surface area (Å²) in [6, 6.07) is 10.2. The first-order valence-electron chi connectivity index (χ1n) is 7.71. The standard InChI is InChI=1S/C18H27N3/c1-14(11-18(2,3)4)10-17(19)15-12-20-21(13-15)16-8-6-5-7-9-16/h5-9,12-14,17H,10-11,19H2,1-4H3. The second kappa shape index (κ2) is 6.44. The first-order chi connectivity index (χ1) is 9.85. The van der Waals surface area contributed by atoms with Crippen LogP contribution >= 0.6 is 0 Å². The molecule has 2 rings (SSSR count). The fourth-order valence-corrected chi connectivity index (χ4v) is 2.95. The lowest BCUT2D eigenvalue weighted by Gasteiger charge is -2.24. The molecule has 0 saturated carbocycles. The number of hydrogen-bond donors (Lipinski definition) is 1. The van der Waals surface area contributed by atoms with Crippen LogP contribution in [0.3, 0.4) is 0 Å². The average molecular weight is 285 g/mol. The van der Waals surface area contributed by atoms with E-state index in [0.717, 1.165) is 17.7 Å². The van der Waals surface area contributed by atoms with Crippen molar-refractivity contribution in [3.8, 4) is 5.69 Å². The third-order valence-electron chi connectivity index (χ3n) is 3.67. The minimum atomic E-state index is 0.0554. The molecule has 0 saturated heterocycles. The molecule has 2 atom stereocenters. The Morgan fingerprint density at radius 1 is 1.19 bits per heavy atom. The zero-order chi connectivity index (χ0) is 15.5. The van der Waals surface area contributed by atoms with E-state index in [1.54, 1.807) is 0 Å². The highest BCUT2D eigenvalue weighted by Crippen LogP contribution is 2.29. The molecule has 0 fully saturated rings. The van der Waals surface area contributed by atoms with Crippen LogP contribution in [-0.4, -0.2) is 9.78 Å². The minimum Gasteiger partial charge on any atom is -0.324 e. The number of rotatable bonds is 5. The Hall–Kier alpha value is -1.61. The van der Waals surface area contributed by atoms with Gasteiger partial charge in [-0.1, -0.05) is 45.9 Å². The van der Waals surface area contributed by atoms with E-state index < -0.39 is 0 Å². The molecule has 3 nitrogen and oxygen atoms in total. The summed E-state index contributed by atoms with van der Waals surface area (Å²) in [5.74, 6) is 0.611. The molecule has 0 aliphatic carbocycles. The highest BCUT2D eigenvalue weighted by atomic mass is 15.3. The summed E-state index contributed by atoms with van der Waals surface area (Å²) in [5.41, 5.74) is 8.89. The van der Waals surface area contributed by atoms with Crippen LogP contribution in [0.25, 0.3) is 5.69 Å². The second-order valence-corrected chi connectivity index (χ2v) is 7.27. The molecular formula is C18H27N3. The molecule has 0 spiro atoms. The van der Waals surface area contributed by atoms with Gasteiger partial charge in [0.1, 0.15) is 0 Å². The predicted octanol–water partition coefficient (Wildman–Crippen LogP) is 4.33. The quantitative estimate of drug-likeness (QED) is 0.888. The zero-order valence-electron chi connectivity index (χ0n) is 13.6. The van der Waals surface area contributed by atoms with Crippen molar-refractivity contribution in [2.45, 2.75) is 46.6 Å². The summed E-state index contributed by atoms with van der Waals surface area (Å²) in [6.07, 6.45) is 6.12. The van der Waals surface area contributed by atoms with Crippen molar-refractivity contribution in [2.75, 3.05) is 0 Å². The first kappa shape index (κ1) is 15.8. The van der Waals surface area contributed by atoms with Crippen molar-refractivity contribution >= 4 is 0 Å². The molecule has 0 aliphatic heterocycles. The third-order valence-corrected chi connectivity index (χ3v) is 3.67. The van der Waals surface area contributed by atoms with Crippen LogP contribution in [0.4, 0.5) is 0 Å². The van der Waals surface area contributed by atoms with Gasteiger partial charge >= 0.3 is 0 Å². The Labute approximate surface area is 128 Å². The number of para-hydroxylation sites is 1. The van der Waals surface area contributed by atoms with Crippen LogP contribution in [-0.2, 0) is 0 Å². The van der Waals surface area contributed by atoms with Crippen LogP contribution in [0.1, 0.15) is 52.1 Å². The van der Waals surface area contributed by atoms with Gasteiger partial charge < -0.3 is 5.73 Å². The highest BCUT2D eigenvalue weighted by molar-refractivity contribution is 5.31. The van der Waals surface area contributed by atoms with E-state index in [-0.39, 0.29) is 6.04 Å². The lowest BCUT2D eigenvalue weighted by molar-refractivity contribution is 0.286. The van der Waals surface area contributed by atoms with Crippen molar-refractivity contribution < 1.29 is 0 Å². The number of aromatic nitrogens is 2. The van der Waals surface area contributed by atoms with Crippen LogP contribution in [0.5, 0.6) is 0 Å². The maximum Gasteiger partial charge on any atom is 0.0645 e. The molecule has 0 bridgehead atoms. The molecular weight excluding hydrogens is 258 g/mol. The van der Waals surface area contributed by atoms with Gasteiger partial charge in [0.25, 0.3) is 0 Å². The highest BCUT2D eigenvalue weighted by Gasteiger charge is 2.19. The fraction of sp³-hybridized carbons (Fsp3) is 0.500. The fourth-order valence-electron chi connectivity index (χ4n) is 2.95. The van der Waals surface area contributed by atoms with Crippen molar-refractivity contribution in [3.05, 3.63) is 48.3 Å². The van der Waals surface area contributed by atoms with Gasteiger partial charge in [0.05, 0.1) is 11.9 Å². The maximum atomic E-state index is 6.35. The van der Waals surface area contributed by atoms with Crippen molar-refractivity contribution in [3.63, 3.8) is 0 Å². The molecule has 21 heavy (non-hydrogen) atoms. The number of benzene rings is 1. The van der Waals surface area contributed by atoms with Gasteiger partial charge in [-0.2, -0.15) is 5.10 Å². The Kier molecular flexibility index (Phi) is 4.84. The SMILES string of the molecule is CC(CC(N)c1cnn(-c2ccccc2)c1)CC(C)(C)C. The molecule has 2 aromatic rings. The van der Waals surface area contributed by atoms with Crippen molar-refractivity contribution in [1.29, 1.82) is 0 Å².